The van der Waals surface area contributed by atoms with Crippen LogP contribution in [0.4, 0.5) is 4.39 Å². The van der Waals surface area contributed by atoms with Crippen LogP contribution in [0.25, 0.3) is 0 Å². The molecule has 0 saturated heterocycles. The minimum atomic E-state index is -3.63. The zero-order valence-electron chi connectivity index (χ0n) is 14.1. The lowest BCUT2D eigenvalue weighted by Gasteiger charge is -2.18. The first-order valence-electron chi connectivity index (χ1n) is 7.78. The van der Waals surface area contributed by atoms with Crippen LogP contribution in [-0.2, 0) is 21.1 Å². The van der Waals surface area contributed by atoms with Gasteiger partial charge in [0.2, 0.25) is 5.91 Å². The van der Waals surface area contributed by atoms with Crippen LogP contribution in [-0.4, -0.2) is 26.6 Å². The molecule has 0 spiro atoms. The van der Waals surface area contributed by atoms with Gasteiger partial charge in [-0.2, -0.15) is 0 Å². The van der Waals surface area contributed by atoms with Crippen molar-refractivity contribution >= 4 is 15.7 Å². The normalized spacial score (nSPS) is 13.9. The summed E-state index contributed by atoms with van der Waals surface area (Å²) < 4.78 is 36.9. The molecule has 1 amide bonds. The van der Waals surface area contributed by atoms with Crippen molar-refractivity contribution in [2.45, 2.75) is 30.3 Å². The molecule has 0 radical (unpaired) electrons. The SMILES string of the molecule is CC(NC(=O)[C@@H](N)Cc1ccccc1)c1ccc(S(C)(=O)=O)c(F)c1. The standard InChI is InChI=1S/C18H21FN2O3S/c1-12(14-8-9-17(15(19)11-14)25(2,23)24)21-18(22)16(20)10-13-6-4-3-5-7-13/h3-9,11-12,16H,10,20H2,1-2H3,(H,21,22)/t12?,16-/m0/s1. The summed E-state index contributed by atoms with van der Waals surface area (Å²) >= 11 is 0. The molecule has 0 aliphatic heterocycles. The van der Waals surface area contributed by atoms with Crippen LogP contribution in [0.2, 0.25) is 0 Å². The van der Waals surface area contributed by atoms with Gasteiger partial charge in [-0.25, -0.2) is 12.8 Å². The molecular formula is C18H21FN2O3S. The van der Waals surface area contributed by atoms with Crippen molar-refractivity contribution in [2.24, 2.45) is 5.73 Å². The van der Waals surface area contributed by atoms with Gasteiger partial charge in [0.05, 0.1) is 12.1 Å². The monoisotopic (exact) mass is 364 g/mol. The maximum Gasteiger partial charge on any atom is 0.237 e. The van der Waals surface area contributed by atoms with Crippen molar-refractivity contribution in [2.75, 3.05) is 6.26 Å². The van der Waals surface area contributed by atoms with Gasteiger partial charge in [-0.1, -0.05) is 36.4 Å². The molecule has 134 valence electrons. The third-order valence-corrected chi connectivity index (χ3v) is 4.98. The molecule has 2 atom stereocenters. The molecule has 3 N–H and O–H groups in total. The summed E-state index contributed by atoms with van der Waals surface area (Å²) in [4.78, 5) is 11.9. The average molecular weight is 364 g/mol. The first kappa shape index (κ1) is 19.1. The van der Waals surface area contributed by atoms with Gasteiger partial charge in [-0.05, 0) is 36.6 Å². The Labute approximate surface area is 147 Å². The Morgan fingerprint density at radius 2 is 1.84 bits per heavy atom. The van der Waals surface area contributed by atoms with Crippen molar-refractivity contribution in [1.29, 1.82) is 0 Å². The fourth-order valence-corrected chi connectivity index (χ4v) is 3.18. The lowest BCUT2D eigenvalue weighted by molar-refractivity contribution is -0.123. The number of halogens is 1. The minimum Gasteiger partial charge on any atom is -0.348 e. The molecule has 0 aromatic heterocycles. The summed E-state index contributed by atoms with van der Waals surface area (Å²) in [5, 5.41) is 2.72. The van der Waals surface area contributed by atoms with Crippen LogP contribution in [0, 0.1) is 5.82 Å². The van der Waals surface area contributed by atoms with Gasteiger partial charge in [0, 0.05) is 6.26 Å². The molecule has 0 fully saturated rings. The molecular weight excluding hydrogens is 343 g/mol. The number of hydrogen-bond acceptors (Lipinski definition) is 4. The highest BCUT2D eigenvalue weighted by atomic mass is 32.2. The second-order valence-corrected chi connectivity index (χ2v) is 7.97. The summed E-state index contributed by atoms with van der Waals surface area (Å²) in [5.41, 5.74) is 7.33. The third kappa shape index (κ3) is 5.11. The van der Waals surface area contributed by atoms with Crippen molar-refractivity contribution in [3.63, 3.8) is 0 Å². The van der Waals surface area contributed by atoms with Crippen LogP contribution in [0.5, 0.6) is 0 Å². The number of nitrogens with one attached hydrogen (secondary N) is 1. The first-order chi connectivity index (χ1) is 11.7. The predicted octanol–water partition coefficient (Wildman–Crippen LogP) is 1.98. The topological polar surface area (TPSA) is 89.3 Å². The lowest BCUT2D eigenvalue weighted by atomic mass is 10.0. The van der Waals surface area contributed by atoms with E-state index < -0.39 is 27.7 Å². The fraction of sp³-hybridized carbons (Fsp3) is 0.278. The van der Waals surface area contributed by atoms with Gasteiger partial charge >= 0.3 is 0 Å². The highest BCUT2D eigenvalue weighted by Crippen LogP contribution is 2.20. The summed E-state index contributed by atoms with van der Waals surface area (Å²) in [5.74, 6) is -1.20. The molecule has 2 aromatic rings. The molecule has 0 aliphatic rings. The quantitative estimate of drug-likeness (QED) is 0.820. The number of rotatable bonds is 6. The van der Waals surface area contributed by atoms with Gasteiger partial charge in [-0.3, -0.25) is 4.79 Å². The van der Waals surface area contributed by atoms with E-state index in [1.54, 1.807) is 6.92 Å². The number of nitrogens with two attached hydrogens (primary N) is 1. The summed E-state index contributed by atoms with van der Waals surface area (Å²) in [6.07, 6.45) is 1.33. The highest BCUT2D eigenvalue weighted by molar-refractivity contribution is 7.90. The van der Waals surface area contributed by atoms with Crippen LogP contribution in [0.15, 0.2) is 53.4 Å². The maximum absolute atomic E-state index is 14.0. The number of sulfone groups is 1. The Kier molecular flexibility index (Phi) is 5.92. The van der Waals surface area contributed by atoms with Crippen molar-refractivity contribution < 1.29 is 17.6 Å². The summed E-state index contributed by atoms with van der Waals surface area (Å²) in [6.45, 7) is 1.68. The Morgan fingerprint density at radius 3 is 2.40 bits per heavy atom. The molecule has 0 saturated carbocycles. The van der Waals surface area contributed by atoms with Gasteiger partial charge < -0.3 is 11.1 Å². The molecule has 5 nitrogen and oxygen atoms in total. The summed E-state index contributed by atoms with van der Waals surface area (Å²) in [6, 6.07) is 12.0. The zero-order valence-corrected chi connectivity index (χ0v) is 14.9. The molecule has 2 aromatic carbocycles. The second kappa shape index (κ2) is 7.76. The molecule has 25 heavy (non-hydrogen) atoms. The van der Waals surface area contributed by atoms with E-state index in [2.05, 4.69) is 5.32 Å². The smallest absolute Gasteiger partial charge is 0.237 e. The third-order valence-electron chi connectivity index (χ3n) is 3.85. The molecule has 7 heteroatoms. The largest absolute Gasteiger partial charge is 0.348 e. The molecule has 2 rings (SSSR count). The van der Waals surface area contributed by atoms with Crippen molar-refractivity contribution in [3.8, 4) is 0 Å². The molecule has 0 bridgehead atoms. The summed E-state index contributed by atoms with van der Waals surface area (Å²) in [7, 11) is -3.63. The molecule has 0 heterocycles. The van der Waals surface area contributed by atoms with Crippen LogP contribution >= 0.6 is 0 Å². The Balaban J connectivity index is 2.05. The van der Waals surface area contributed by atoms with E-state index in [0.717, 1.165) is 17.9 Å². The Morgan fingerprint density at radius 1 is 1.20 bits per heavy atom. The molecule has 0 aliphatic carbocycles. The number of carbonyl (C=O) groups excluding carboxylic acids is 1. The van der Waals surface area contributed by atoms with Gasteiger partial charge in [0.1, 0.15) is 10.7 Å². The van der Waals surface area contributed by atoms with E-state index in [1.165, 1.54) is 12.1 Å². The van der Waals surface area contributed by atoms with Crippen LogP contribution < -0.4 is 11.1 Å². The van der Waals surface area contributed by atoms with E-state index >= 15 is 0 Å². The van der Waals surface area contributed by atoms with Gasteiger partial charge in [-0.15, -0.1) is 0 Å². The van der Waals surface area contributed by atoms with E-state index in [-0.39, 0.29) is 10.8 Å². The minimum absolute atomic E-state index is 0.357. The second-order valence-electron chi connectivity index (χ2n) is 5.99. The van der Waals surface area contributed by atoms with Gasteiger partial charge in [0.25, 0.3) is 0 Å². The first-order valence-corrected chi connectivity index (χ1v) is 9.67. The zero-order chi connectivity index (χ0) is 18.6. The number of amides is 1. The highest BCUT2D eigenvalue weighted by Gasteiger charge is 2.19. The molecule has 1 unspecified atom stereocenters. The van der Waals surface area contributed by atoms with E-state index in [0.29, 0.717) is 12.0 Å². The van der Waals surface area contributed by atoms with Crippen LogP contribution in [0.3, 0.4) is 0 Å². The number of benzene rings is 2. The van der Waals surface area contributed by atoms with Gasteiger partial charge in [0.15, 0.2) is 9.84 Å². The van der Waals surface area contributed by atoms with E-state index in [4.69, 9.17) is 5.73 Å². The van der Waals surface area contributed by atoms with Crippen molar-refractivity contribution in [3.05, 3.63) is 65.5 Å². The number of carbonyl (C=O) groups is 1. The lowest BCUT2D eigenvalue weighted by Crippen LogP contribution is -2.43. The average Bonchev–Trinajstić information content (AvgIpc) is 2.54. The van der Waals surface area contributed by atoms with Crippen molar-refractivity contribution in [1.82, 2.24) is 5.32 Å². The predicted molar refractivity (Wildman–Crippen MR) is 94.2 cm³/mol. The van der Waals surface area contributed by atoms with Crippen LogP contribution in [0.1, 0.15) is 24.1 Å². The van der Waals surface area contributed by atoms with E-state index in [9.17, 15) is 17.6 Å². The van der Waals surface area contributed by atoms with E-state index in [1.807, 2.05) is 30.3 Å². The number of hydrogen-bond donors (Lipinski definition) is 2. The maximum atomic E-state index is 14.0. The Bertz CT molecular complexity index is 854. The Hall–Kier alpha value is -2.25. The fourth-order valence-electron chi connectivity index (χ4n) is 2.45.